The van der Waals surface area contributed by atoms with Crippen molar-refractivity contribution in [3.63, 3.8) is 0 Å². The molecule has 4 amide bonds. The molecule has 2 aliphatic rings. The number of rotatable bonds is 3. The third kappa shape index (κ3) is 3.35. The summed E-state index contributed by atoms with van der Waals surface area (Å²) in [6.45, 7) is 0. The molecule has 0 aromatic heterocycles. The minimum Gasteiger partial charge on any atom is -0.308 e. The van der Waals surface area contributed by atoms with Gasteiger partial charge in [-0.3, -0.25) is 14.5 Å². The van der Waals surface area contributed by atoms with Crippen LogP contribution in [0.2, 0.25) is 0 Å². The quantitative estimate of drug-likeness (QED) is 0.774. The zero-order valence-corrected chi connectivity index (χ0v) is 15.2. The van der Waals surface area contributed by atoms with E-state index in [1.165, 1.54) is 29.2 Å². The van der Waals surface area contributed by atoms with Crippen LogP contribution in [-0.4, -0.2) is 28.8 Å². The molecule has 2 aromatic rings. The Labute approximate surface area is 161 Å². The number of nitrogens with zero attached hydrogens (tertiary/aromatic N) is 1. The van der Waals surface area contributed by atoms with E-state index in [9.17, 15) is 18.8 Å². The maximum atomic E-state index is 13.7. The minimum atomic E-state index is -0.633. The lowest BCUT2D eigenvalue weighted by atomic mass is 9.94. The molecule has 4 rings (SSSR count). The number of carbonyl (C=O) groups excluding carboxylic acids is 3. The zero-order valence-electron chi connectivity index (χ0n) is 15.2. The number of para-hydroxylation sites is 1. The fourth-order valence-electron chi connectivity index (χ4n) is 3.86. The molecule has 0 spiro atoms. The molecular weight excluding hydrogens is 361 g/mol. The fraction of sp³-hybridized carbons (Fsp3) is 0.286. The number of benzene rings is 2. The maximum Gasteiger partial charge on any atom is 0.323 e. The molecule has 1 aliphatic carbocycles. The summed E-state index contributed by atoms with van der Waals surface area (Å²) in [7, 11) is 0. The molecule has 6 nitrogen and oxygen atoms in total. The summed E-state index contributed by atoms with van der Waals surface area (Å²) < 4.78 is 13.7. The van der Waals surface area contributed by atoms with Gasteiger partial charge in [-0.05, 0) is 43.2 Å². The molecule has 1 fully saturated rings. The summed E-state index contributed by atoms with van der Waals surface area (Å²) in [4.78, 5) is 39.0. The second-order valence-electron chi connectivity index (χ2n) is 7.09. The van der Waals surface area contributed by atoms with Crippen LogP contribution in [0, 0.1) is 5.82 Å². The lowest BCUT2D eigenvalue weighted by Crippen LogP contribution is -2.40. The largest absolute Gasteiger partial charge is 0.323 e. The SMILES string of the molecule is O=C(Nc1ccc2c(c1)C(=O)N(C1CCCCC1)C2=O)Nc1ccccc1F. The number of halogens is 1. The van der Waals surface area contributed by atoms with Crippen molar-refractivity contribution in [1.29, 1.82) is 0 Å². The van der Waals surface area contributed by atoms with E-state index >= 15 is 0 Å². The van der Waals surface area contributed by atoms with Crippen molar-refractivity contribution >= 4 is 29.2 Å². The van der Waals surface area contributed by atoms with Crippen LogP contribution in [0.15, 0.2) is 42.5 Å². The molecular formula is C21H20FN3O3. The van der Waals surface area contributed by atoms with Crippen LogP contribution in [-0.2, 0) is 0 Å². The Bertz CT molecular complexity index is 954. The van der Waals surface area contributed by atoms with Crippen molar-refractivity contribution in [2.45, 2.75) is 38.1 Å². The van der Waals surface area contributed by atoms with Crippen molar-refractivity contribution in [3.05, 3.63) is 59.4 Å². The van der Waals surface area contributed by atoms with Gasteiger partial charge in [-0.15, -0.1) is 0 Å². The first-order valence-electron chi connectivity index (χ1n) is 9.39. The molecule has 1 aliphatic heterocycles. The van der Waals surface area contributed by atoms with Crippen molar-refractivity contribution in [1.82, 2.24) is 4.90 Å². The lowest BCUT2D eigenvalue weighted by Gasteiger charge is -2.29. The summed E-state index contributed by atoms with van der Waals surface area (Å²) in [5.74, 6) is -1.13. The molecule has 2 aromatic carbocycles. The van der Waals surface area contributed by atoms with E-state index in [0.717, 1.165) is 32.1 Å². The second-order valence-corrected chi connectivity index (χ2v) is 7.09. The molecule has 0 unspecified atom stereocenters. The van der Waals surface area contributed by atoms with Gasteiger partial charge in [0.25, 0.3) is 11.8 Å². The molecule has 1 heterocycles. The number of hydrogen-bond acceptors (Lipinski definition) is 3. The van der Waals surface area contributed by atoms with Crippen molar-refractivity contribution in [3.8, 4) is 0 Å². The highest BCUT2D eigenvalue weighted by atomic mass is 19.1. The van der Waals surface area contributed by atoms with Crippen LogP contribution < -0.4 is 10.6 Å². The second kappa shape index (κ2) is 7.42. The van der Waals surface area contributed by atoms with Gasteiger partial charge in [-0.2, -0.15) is 0 Å². The van der Waals surface area contributed by atoms with Gasteiger partial charge < -0.3 is 10.6 Å². The first-order chi connectivity index (χ1) is 13.5. The molecule has 0 saturated heterocycles. The van der Waals surface area contributed by atoms with Crippen molar-refractivity contribution in [2.24, 2.45) is 0 Å². The first kappa shape index (κ1) is 18.2. The fourth-order valence-corrected chi connectivity index (χ4v) is 3.86. The summed E-state index contributed by atoms with van der Waals surface area (Å²) in [6.07, 6.45) is 4.83. The van der Waals surface area contributed by atoms with Gasteiger partial charge in [-0.1, -0.05) is 31.4 Å². The van der Waals surface area contributed by atoms with E-state index in [2.05, 4.69) is 10.6 Å². The number of amides is 4. The van der Waals surface area contributed by atoms with E-state index in [1.54, 1.807) is 18.2 Å². The Morgan fingerprint density at radius 3 is 2.39 bits per heavy atom. The monoisotopic (exact) mass is 381 g/mol. The number of carbonyl (C=O) groups is 3. The highest BCUT2D eigenvalue weighted by Gasteiger charge is 2.40. The topological polar surface area (TPSA) is 78.5 Å². The Balaban J connectivity index is 1.50. The molecule has 144 valence electrons. The average Bonchev–Trinajstić information content (AvgIpc) is 2.94. The Morgan fingerprint density at radius 1 is 0.929 bits per heavy atom. The number of urea groups is 1. The van der Waals surface area contributed by atoms with Gasteiger partial charge in [0, 0.05) is 11.7 Å². The predicted octanol–water partition coefficient (Wildman–Crippen LogP) is 4.40. The van der Waals surface area contributed by atoms with Gasteiger partial charge in [0.05, 0.1) is 16.8 Å². The predicted molar refractivity (Wildman–Crippen MR) is 103 cm³/mol. The normalized spacial score (nSPS) is 16.8. The molecule has 0 radical (unpaired) electrons. The molecule has 0 bridgehead atoms. The Hall–Kier alpha value is -3.22. The third-order valence-electron chi connectivity index (χ3n) is 5.24. The third-order valence-corrected chi connectivity index (χ3v) is 5.24. The summed E-state index contributed by atoms with van der Waals surface area (Å²) in [5.41, 5.74) is 1.06. The van der Waals surface area contributed by atoms with E-state index in [-0.39, 0.29) is 23.5 Å². The van der Waals surface area contributed by atoms with Crippen LogP contribution in [0.5, 0.6) is 0 Å². The van der Waals surface area contributed by atoms with Gasteiger partial charge in [0.15, 0.2) is 0 Å². The van der Waals surface area contributed by atoms with Gasteiger partial charge >= 0.3 is 6.03 Å². The summed E-state index contributed by atoms with van der Waals surface area (Å²) in [5, 5.41) is 5.00. The summed E-state index contributed by atoms with van der Waals surface area (Å²) in [6, 6.07) is 9.76. The highest BCUT2D eigenvalue weighted by Crippen LogP contribution is 2.32. The molecule has 28 heavy (non-hydrogen) atoms. The minimum absolute atomic E-state index is 0.0517. The molecule has 1 saturated carbocycles. The Morgan fingerprint density at radius 2 is 1.64 bits per heavy atom. The Kier molecular flexibility index (Phi) is 4.81. The molecule has 7 heteroatoms. The maximum absolute atomic E-state index is 13.7. The first-order valence-corrected chi connectivity index (χ1v) is 9.39. The van der Waals surface area contributed by atoms with E-state index in [0.29, 0.717) is 16.8 Å². The number of anilines is 2. The van der Waals surface area contributed by atoms with Crippen LogP contribution in [0.1, 0.15) is 52.8 Å². The standard InChI is InChI=1S/C21H20FN3O3/c22-17-8-4-5-9-18(17)24-21(28)23-13-10-11-15-16(12-13)20(27)25(19(15)26)14-6-2-1-3-7-14/h4-5,8-12,14H,1-3,6-7H2,(H2,23,24,28). The number of fused-ring (bicyclic) bond motifs is 1. The van der Waals surface area contributed by atoms with E-state index < -0.39 is 11.8 Å². The number of imide groups is 1. The van der Waals surface area contributed by atoms with Crippen molar-refractivity contribution in [2.75, 3.05) is 10.6 Å². The van der Waals surface area contributed by atoms with Crippen molar-refractivity contribution < 1.29 is 18.8 Å². The van der Waals surface area contributed by atoms with E-state index in [1.807, 2.05) is 0 Å². The van der Waals surface area contributed by atoms with Crippen LogP contribution in [0.3, 0.4) is 0 Å². The van der Waals surface area contributed by atoms with Gasteiger partial charge in [0.1, 0.15) is 5.82 Å². The smallest absolute Gasteiger partial charge is 0.308 e. The van der Waals surface area contributed by atoms with Crippen LogP contribution in [0.25, 0.3) is 0 Å². The van der Waals surface area contributed by atoms with Gasteiger partial charge in [-0.25, -0.2) is 9.18 Å². The zero-order chi connectivity index (χ0) is 19.7. The summed E-state index contributed by atoms with van der Waals surface area (Å²) >= 11 is 0. The molecule has 2 N–H and O–H groups in total. The van der Waals surface area contributed by atoms with Gasteiger partial charge in [0.2, 0.25) is 0 Å². The lowest BCUT2D eigenvalue weighted by molar-refractivity contribution is 0.0549. The van der Waals surface area contributed by atoms with Crippen LogP contribution in [0.4, 0.5) is 20.6 Å². The molecule has 0 atom stereocenters. The van der Waals surface area contributed by atoms with E-state index in [4.69, 9.17) is 0 Å². The number of hydrogen-bond donors (Lipinski definition) is 2. The number of nitrogens with one attached hydrogen (secondary N) is 2. The average molecular weight is 381 g/mol. The highest BCUT2D eigenvalue weighted by molar-refractivity contribution is 6.22. The van der Waals surface area contributed by atoms with Crippen LogP contribution >= 0.6 is 0 Å².